The zero-order chi connectivity index (χ0) is 23.6. The zero-order valence-corrected chi connectivity index (χ0v) is 18.2. The fourth-order valence-corrected chi connectivity index (χ4v) is 4.53. The van der Waals surface area contributed by atoms with Crippen molar-refractivity contribution in [1.29, 1.82) is 5.26 Å². The highest BCUT2D eigenvalue weighted by molar-refractivity contribution is 5.84. The van der Waals surface area contributed by atoms with Crippen molar-refractivity contribution in [3.8, 4) is 6.07 Å². The topological polar surface area (TPSA) is 93.7 Å². The third-order valence-electron chi connectivity index (χ3n) is 6.32. The molecular weight excluding hydrogens is 423 g/mol. The molecule has 1 aromatic carbocycles. The van der Waals surface area contributed by atoms with Crippen LogP contribution < -0.4 is 5.73 Å². The summed E-state index contributed by atoms with van der Waals surface area (Å²) in [6.45, 7) is 4.40. The lowest BCUT2D eigenvalue weighted by molar-refractivity contribution is -0.137. The molecule has 0 radical (unpaired) electrons. The van der Waals surface area contributed by atoms with Gasteiger partial charge in [-0.1, -0.05) is 19.1 Å². The summed E-state index contributed by atoms with van der Waals surface area (Å²) in [6, 6.07) is 4.48. The van der Waals surface area contributed by atoms with Crippen LogP contribution in [-0.2, 0) is 11.0 Å². The van der Waals surface area contributed by atoms with E-state index in [1.54, 1.807) is 17.9 Å². The first-order valence-electron chi connectivity index (χ1n) is 10.8. The number of benzene rings is 1. The molecule has 0 spiro atoms. The lowest BCUT2D eigenvalue weighted by atomic mass is 10.0. The number of carbonyl (C=O) groups is 2. The second-order valence-corrected chi connectivity index (χ2v) is 8.38. The Morgan fingerprint density at radius 2 is 2.09 bits per heavy atom. The van der Waals surface area contributed by atoms with Crippen molar-refractivity contribution in [2.75, 3.05) is 19.6 Å². The number of hydrogen-bond acceptors (Lipinski definition) is 4. The number of nitrogens with zero attached hydrogens (tertiary/aromatic N) is 4. The summed E-state index contributed by atoms with van der Waals surface area (Å²) in [4.78, 5) is 30.4. The summed E-state index contributed by atoms with van der Waals surface area (Å²) < 4.78 is 39.4. The van der Waals surface area contributed by atoms with Crippen molar-refractivity contribution >= 4 is 11.9 Å². The van der Waals surface area contributed by atoms with Gasteiger partial charge >= 0.3 is 12.2 Å². The molecule has 0 bridgehead atoms. The Morgan fingerprint density at radius 3 is 2.72 bits per heavy atom. The second-order valence-electron chi connectivity index (χ2n) is 8.38. The van der Waals surface area contributed by atoms with Crippen LogP contribution in [0.25, 0.3) is 0 Å². The Kier molecular flexibility index (Phi) is 6.98. The van der Waals surface area contributed by atoms with Gasteiger partial charge in [-0.15, -0.1) is 0 Å². The van der Waals surface area contributed by atoms with E-state index in [4.69, 9.17) is 5.73 Å². The van der Waals surface area contributed by atoms with Gasteiger partial charge in [-0.2, -0.15) is 18.4 Å². The normalized spacial score (nSPS) is 23.4. The number of nitriles is 1. The van der Waals surface area contributed by atoms with Crippen LogP contribution in [0.3, 0.4) is 0 Å². The molecule has 7 nitrogen and oxygen atoms in total. The van der Waals surface area contributed by atoms with Crippen LogP contribution in [0, 0.1) is 11.3 Å². The van der Waals surface area contributed by atoms with Gasteiger partial charge in [0, 0.05) is 19.6 Å². The minimum atomic E-state index is -4.47. The summed E-state index contributed by atoms with van der Waals surface area (Å²) in [7, 11) is 0. The SMILES string of the molecule is CCC1CN(C[C@H](N)C(=O)N2CCCC2C#N)C(=O)N1C(C)c1cccc(C(F)(F)F)c1. The van der Waals surface area contributed by atoms with Crippen molar-refractivity contribution in [2.45, 2.75) is 63.5 Å². The predicted molar refractivity (Wildman–Crippen MR) is 111 cm³/mol. The van der Waals surface area contributed by atoms with Gasteiger partial charge in [0.15, 0.2) is 0 Å². The average molecular weight is 451 g/mol. The molecule has 0 saturated carbocycles. The summed E-state index contributed by atoms with van der Waals surface area (Å²) in [5, 5.41) is 9.21. The number of rotatable bonds is 6. The first-order valence-corrected chi connectivity index (χ1v) is 10.8. The van der Waals surface area contributed by atoms with Gasteiger partial charge in [-0.25, -0.2) is 4.79 Å². The van der Waals surface area contributed by atoms with E-state index in [9.17, 15) is 28.0 Å². The molecule has 2 aliphatic rings. The zero-order valence-electron chi connectivity index (χ0n) is 18.2. The van der Waals surface area contributed by atoms with Crippen LogP contribution in [0.1, 0.15) is 50.3 Å². The van der Waals surface area contributed by atoms with Gasteiger partial charge in [-0.05, 0) is 43.9 Å². The first kappa shape index (κ1) is 23.9. The molecule has 2 heterocycles. The van der Waals surface area contributed by atoms with E-state index in [0.29, 0.717) is 31.5 Å². The molecule has 10 heteroatoms. The molecule has 0 aliphatic carbocycles. The molecule has 0 aromatic heterocycles. The molecule has 174 valence electrons. The number of alkyl halides is 3. The maximum atomic E-state index is 13.2. The maximum Gasteiger partial charge on any atom is 0.416 e. The van der Waals surface area contributed by atoms with Gasteiger partial charge in [0.05, 0.1) is 23.7 Å². The highest BCUT2D eigenvalue weighted by Gasteiger charge is 2.42. The number of nitrogens with two attached hydrogens (primary N) is 1. The molecule has 2 saturated heterocycles. The quantitative estimate of drug-likeness (QED) is 0.719. The van der Waals surface area contributed by atoms with E-state index in [1.165, 1.54) is 15.9 Å². The van der Waals surface area contributed by atoms with Crippen molar-refractivity contribution in [3.05, 3.63) is 35.4 Å². The van der Waals surface area contributed by atoms with Crippen LogP contribution in [0.5, 0.6) is 0 Å². The number of likely N-dealkylation sites (tertiary alicyclic amines) is 1. The molecule has 2 aliphatic heterocycles. The van der Waals surface area contributed by atoms with Crippen LogP contribution in [0.4, 0.5) is 18.0 Å². The maximum absolute atomic E-state index is 13.2. The smallest absolute Gasteiger partial charge is 0.325 e. The van der Waals surface area contributed by atoms with Crippen LogP contribution in [0.2, 0.25) is 0 Å². The molecule has 3 rings (SSSR count). The number of urea groups is 1. The van der Waals surface area contributed by atoms with Crippen molar-refractivity contribution in [3.63, 3.8) is 0 Å². The summed E-state index contributed by atoms with van der Waals surface area (Å²) in [6.07, 6.45) is -2.51. The molecule has 32 heavy (non-hydrogen) atoms. The van der Waals surface area contributed by atoms with Gasteiger partial charge in [0.2, 0.25) is 5.91 Å². The lowest BCUT2D eigenvalue weighted by Crippen LogP contribution is -2.51. The van der Waals surface area contributed by atoms with Gasteiger partial charge in [-0.3, -0.25) is 4.79 Å². The fourth-order valence-electron chi connectivity index (χ4n) is 4.53. The molecule has 3 amide bonds. The average Bonchev–Trinajstić information content (AvgIpc) is 3.36. The fraction of sp³-hybridized carbons (Fsp3) is 0.591. The highest BCUT2D eigenvalue weighted by atomic mass is 19.4. The third-order valence-corrected chi connectivity index (χ3v) is 6.32. The number of hydrogen-bond donors (Lipinski definition) is 1. The minimum Gasteiger partial charge on any atom is -0.325 e. The summed E-state index contributed by atoms with van der Waals surface area (Å²) in [5.74, 6) is -0.362. The first-order chi connectivity index (χ1) is 15.1. The Hall–Kier alpha value is -2.80. The number of amides is 3. The molecule has 3 unspecified atom stereocenters. The molecule has 1 aromatic rings. The Balaban J connectivity index is 1.74. The molecule has 2 fully saturated rings. The molecule has 2 N–H and O–H groups in total. The van der Waals surface area contributed by atoms with Gasteiger partial charge in [0.1, 0.15) is 12.1 Å². The van der Waals surface area contributed by atoms with E-state index in [-0.39, 0.29) is 24.5 Å². The minimum absolute atomic E-state index is 0.00533. The summed E-state index contributed by atoms with van der Waals surface area (Å²) in [5.41, 5.74) is 5.74. The van der Waals surface area contributed by atoms with E-state index in [0.717, 1.165) is 18.6 Å². The largest absolute Gasteiger partial charge is 0.416 e. The van der Waals surface area contributed by atoms with E-state index < -0.39 is 29.9 Å². The second kappa shape index (κ2) is 9.36. The third kappa shape index (κ3) is 4.67. The number of halogens is 3. The van der Waals surface area contributed by atoms with Gasteiger partial charge in [0.25, 0.3) is 0 Å². The Labute approximate surface area is 185 Å². The summed E-state index contributed by atoms with van der Waals surface area (Å²) >= 11 is 0. The van der Waals surface area contributed by atoms with Crippen LogP contribution in [0.15, 0.2) is 24.3 Å². The van der Waals surface area contributed by atoms with Crippen molar-refractivity contribution in [2.24, 2.45) is 5.73 Å². The molecular formula is C22H28F3N5O2. The predicted octanol–water partition coefficient (Wildman–Crippen LogP) is 3.12. The van der Waals surface area contributed by atoms with Crippen molar-refractivity contribution < 1.29 is 22.8 Å². The lowest BCUT2D eigenvalue weighted by Gasteiger charge is -2.30. The van der Waals surface area contributed by atoms with Crippen molar-refractivity contribution in [1.82, 2.24) is 14.7 Å². The number of carbonyl (C=O) groups excluding carboxylic acids is 2. The highest BCUT2D eigenvalue weighted by Crippen LogP contribution is 2.34. The monoisotopic (exact) mass is 451 g/mol. The van der Waals surface area contributed by atoms with Crippen LogP contribution >= 0.6 is 0 Å². The van der Waals surface area contributed by atoms with E-state index in [2.05, 4.69) is 6.07 Å². The van der Waals surface area contributed by atoms with E-state index in [1.807, 2.05) is 6.92 Å². The Bertz CT molecular complexity index is 900. The Morgan fingerprint density at radius 1 is 1.38 bits per heavy atom. The molecule has 4 atom stereocenters. The van der Waals surface area contributed by atoms with E-state index >= 15 is 0 Å². The van der Waals surface area contributed by atoms with Crippen LogP contribution in [-0.4, -0.2) is 64.4 Å². The standard InChI is InChI=1S/C22H28F3N5O2/c1-3-17-12-28(13-19(27)20(31)29-9-5-8-18(29)11-26)21(32)30(17)14(2)15-6-4-7-16(10-15)22(23,24)25/h4,6-7,10,14,17-19H,3,5,8-9,12-13,27H2,1-2H3/t14?,17?,18?,19-/m0/s1. The van der Waals surface area contributed by atoms with Gasteiger partial charge < -0.3 is 20.4 Å².